The maximum absolute atomic E-state index is 13.4. The number of fused-ring (bicyclic) bond motifs is 1. The van der Waals surface area contributed by atoms with Crippen molar-refractivity contribution in [2.75, 3.05) is 31.1 Å². The fourth-order valence-electron chi connectivity index (χ4n) is 4.30. The summed E-state index contributed by atoms with van der Waals surface area (Å²) in [5.74, 6) is -0.361. The number of nitrogens with zero attached hydrogens (tertiary/aromatic N) is 5. The van der Waals surface area contributed by atoms with Crippen LogP contribution < -0.4 is 10.5 Å². The number of carbonyl (C=O) groups excluding carboxylic acids is 1. The summed E-state index contributed by atoms with van der Waals surface area (Å²) in [7, 11) is 0. The van der Waals surface area contributed by atoms with Crippen LogP contribution in [-0.4, -0.2) is 46.5 Å². The Balaban J connectivity index is 1.51. The third-order valence-corrected chi connectivity index (χ3v) is 6.83. The Morgan fingerprint density at radius 1 is 1.09 bits per heavy atom. The van der Waals surface area contributed by atoms with Gasteiger partial charge in [0.1, 0.15) is 23.1 Å². The number of thiophene rings is 1. The first-order valence-corrected chi connectivity index (χ1v) is 11.7. The largest absolute Gasteiger partial charge is 0.366 e. The number of nitriles is 1. The van der Waals surface area contributed by atoms with E-state index >= 15 is 0 Å². The van der Waals surface area contributed by atoms with Crippen molar-refractivity contribution in [3.8, 4) is 6.07 Å². The van der Waals surface area contributed by atoms with Crippen molar-refractivity contribution in [1.29, 1.82) is 5.26 Å². The van der Waals surface area contributed by atoms with Gasteiger partial charge in [-0.3, -0.25) is 14.2 Å². The van der Waals surface area contributed by atoms with Gasteiger partial charge in [0.25, 0.3) is 11.5 Å². The molecule has 1 aliphatic rings. The second-order valence-electron chi connectivity index (χ2n) is 7.98. The molecule has 7 nitrogen and oxygen atoms in total. The van der Waals surface area contributed by atoms with Crippen LogP contribution in [0.3, 0.4) is 0 Å². The summed E-state index contributed by atoms with van der Waals surface area (Å²) in [5, 5.41) is 12.5. The molecule has 5 rings (SSSR count). The van der Waals surface area contributed by atoms with E-state index in [4.69, 9.17) is 0 Å². The number of hydrogen-bond donors (Lipinski definition) is 0. The van der Waals surface area contributed by atoms with Crippen LogP contribution in [0.15, 0.2) is 64.9 Å². The number of hydrogen-bond acceptors (Lipinski definition) is 6. The average Bonchev–Trinajstić information content (AvgIpc) is 3.41. The maximum Gasteiger partial charge on any atom is 0.272 e. The number of benzene rings is 1. The maximum atomic E-state index is 13.4. The average molecular weight is 474 g/mol. The molecule has 34 heavy (non-hydrogen) atoms. The van der Waals surface area contributed by atoms with Crippen LogP contribution >= 0.6 is 11.3 Å². The van der Waals surface area contributed by atoms with Gasteiger partial charge in [-0.2, -0.15) is 5.26 Å². The normalized spacial score (nSPS) is 13.8. The molecule has 1 aromatic carbocycles. The Kier molecular flexibility index (Phi) is 5.82. The van der Waals surface area contributed by atoms with E-state index in [0.29, 0.717) is 47.8 Å². The number of anilines is 1. The summed E-state index contributed by atoms with van der Waals surface area (Å²) >= 11 is 1.41. The highest BCUT2D eigenvalue weighted by Gasteiger charge is 2.27. The molecule has 0 atom stereocenters. The number of carbonyl (C=O) groups is 1. The molecular weight excluding hydrogens is 453 g/mol. The van der Waals surface area contributed by atoms with Gasteiger partial charge in [0.05, 0.1) is 17.1 Å². The van der Waals surface area contributed by atoms with Gasteiger partial charge in [-0.15, -0.1) is 11.3 Å². The second-order valence-corrected chi connectivity index (χ2v) is 8.93. The van der Waals surface area contributed by atoms with Crippen molar-refractivity contribution < 1.29 is 9.18 Å². The second kappa shape index (κ2) is 9.08. The minimum Gasteiger partial charge on any atom is -0.366 e. The molecule has 1 saturated heterocycles. The monoisotopic (exact) mass is 473 g/mol. The van der Waals surface area contributed by atoms with Gasteiger partial charge in [0.2, 0.25) is 0 Å². The fraction of sp³-hybridized carbons (Fsp3) is 0.200. The van der Waals surface area contributed by atoms with Crippen LogP contribution in [0.25, 0.3) is 11.0 Å². The van der Waals surface area contributed by atoms with E-state index in [0.717, 1.165) is 5.56 Å². The predicted octanol–water partition coefficient (Wildman–Crippen LogP) is 3.48. The Morgan fingerprint density at radius 2 is 1.85 bits per heavy atom. The van der Waals surface area contributed by atoms with Crippen molar-refractivity contribution in [1.82, 2.24) is 14.5 Å². The first-order chi connectivity index (χ1) is 16.6. The quantitative estimate of drug-likeness (QED) is 0.453. The predicted molar refractivity (Wildman–Crippen MR) is 129 cm³/mol. The molecule has 0 aliphatic carbocycles. The lowest BCUT2D eigenvalue weighted by molar-refractivity contribution is 0.0751. The first-order valence-electron chi connectivity index (χ1n) is 10.8. The van der Waals surface area contributed by atoms with Gasteiger partial charge in [0, 0.05) is 37.8 Å². The van der Waals surface area contributed by atoms with Gasteiger partial charge >= 0.3 is 0 Å². The van der Waals surface area contributed by atoms with E-state index in [1.165, 1.54) is 28.0 Å². The fourth-order valence-corrected chi connectivity index (χ4v) is 4.99. The lowest BCUT2D eigenvalue weighted by Crippen LogP contribution is -2.49. The van der Waals surface area contributed by atoms with E-state index in [1.807, 2.05) is 28.5 Å². The van der Waals surface area contributed by atoms with Crippen LogP contribution in [0.5, 0.6) is 0 Å². The lowest BCUT2D eigenvalue weighted by Gasteiger charge is -2.36. The molecular formula is C25H20FN5O2S. The zero-order chi connectivity index (χ0) is 23.7. The highest BCUT2D eigenvalue weighted by atomic mass is 32.1. The van der Waals surface area contributed by atoms with Crippen LogP contribution in [0.4, 0.5) is 10.1 Å². The molecule has 1 fully saturated rings. The molecule has 170 valence electrons. The van der Waals surface area contributed by atoms with E-state index in [1.54, 1.807) is 29.3 Å². The van der Waals surface area contributed by atoms with Crippen molar-refractivity contribution in [2.24, 2.45) is 0 Å². The molecule has 0 N–H and O–H groups in total. The summed E-state index contributed by atoms with van der Waals surface area (Å²) in [4.78, 5) is 35.1. The third kappa shape index (κ3) is 3.93. The minimum absolute atomic E-state index is 0.00334. The molecule has 3 aromatic heterocycles. The molecule has 9 heteroatoms. The molecule has 4 aromatic rings. The molecule has 0 saturated carbocycles. The number of amides is 1. The summed E-state index contributed by atoms with van der Waals surface area (Å²) in [5.41, 5.74) is 1.34. The molecule has 0 radical (unpaired) electrons. The summed E-state index contributed by atoms with van der Waals surface area (Å²) in [6.45, 7) is 2.14. The zero-order valence-corrected chi connectivity index (χ0v) is 19.0. The number of rotatable bonds is 4. The van der Waals surface area contributed by atoms with Gasteiger partial charge in [-0.05, 0) is 41.3 Å². The number of aromatic nitrogens is 2. The highest BCUT2D eigenvalue weighted by molar-refractivity contribution is 7.12. The number of piperazine rings is 1. The van der Waals surface area contributed by atoms with E-state index in [2.05, 4.69) is 11.1 Å². The summed E-state index contributed by atoms with van der Waals surface area (Å²) in [6, 6.07) is 15.3. The smallest absolute Gasteiger partial charge is 0.272 e. The van der Waals surface area contributed by atoms with Crippen LogP contribution in [0, 0.1) is 17.1 Å². The van der Waals surface area contributed by atoms with Crippen molar-refractivity contribution in [2.45, 2.75) is 6.54 Å². The summed E-state index contributed by atoms with van der Waals surface area (Å²) in [6.07, 6.45) is 1.61. The van der Waals surface area contributed by atoms with E-state index in [9.17, 15) is 19.2 Å². The van der Waals surface area contributed by atoms with Crippen molar-refractivity contribution in [3.63, 3.8) is 0 Å². The molecule has 4 heterocycles. The van der Waals surface area contributed by atoms with E-state index in [-0.39, 0.29) is 23.8 Å². The van der Waals surface area contributed by atoms with Crippen LogP contribution in [-0.2, 0) is 6.54 Å². The SMILES string of the molecule is N#Cc1c(N2CCN(C(=O)c3cccs3)CC2)c2cccnc2n(Cc2ccc(F)cc2)c1=O. The standard InChI is InChI=1S/C25H20FN5O2S/c26-18-7-5-17(6-8-18)16-31-23-19(3-1-9-28-23)22(20(15-27)24(31)32)29-10-12-30(13-11-29)25(33)21-4-2-14-34-21/h1-9,14H,10-13,16H2. The third-order valence-electron chi connectivity index (χ3n) is 5.97. The van der Waals surface area contributed by atoms with Crippen LogP contribution in [0.1, 0.15) is 20.8 Å². The van der Waals surface area contributed by atoms with Gasteiger partial charge in [-0.1, -0.05) is 18.2 Å². The zero-order valence-electron chi connectivity index (χ0n) is 18.1. The molecule has 0 bridgehead atoms. The van der Waals surface area contributed by atoms with Crippen molar-refractivity contribution in [3.05, 3.63) is 92.3 Å². The lowest BCUT2D eigenvalue weighted by atomic mass is 10.1. The molecule has 1 aliphatic heterocycles. The first kappa shape index (κ1) is 21.8. The van der Waals surface area contributed by atoms with Gasteiger partial charge in [0.15, 0.2) is 0 Å². The highest BCUT2D eigenvalue weighted by Crippen LogP contribution is 2.29. The summed E-state index contributed by atoms with van der Waals surface area (Å²) < 4.78 is 14.8. The van der Waals surface area contributed by atoms with E-state index < -0.39 is 5.56 Å². The Morgan fingerprint density at radius 3 is 2.53 bits per heavy atom. The van der Waals surface area contributed by atoms with Crippen molar-refractivity contribution >= 4 is 34.0 Å². The number of halogens is 1. The Labute approximate surface area is 198 Å². The minimum atomic E-state index is -0.440. The van der Waals surface area contributed by atoms with Gasteiger partial charge < -0.3 is 9.80 Å². The topological polar surface area (TPSA) is 82.2 Å². The Hall–Kier alpha value is -4.03. The van der Waals surface area contributed by atoms with Crippen LogP contribution in [0.2, 0.25) is 0 Å². The molecule has 0 unspecified atom stereocenters. The molecule has 1 amide bonds. The Bertz CT molecular complexity index is 1450. The number of pyridine rings is 2. The van der Waals surface area contributed by atoms with Gasteiger partial charge in [-0.25, -0.2) is 9.37 Å². The molecule has 0 spiro atoms.